The van der Waals surface area contributed by atoms with Crippen molar-refractivity contribution in [2.75, 3.05) is 20.3 Å². The fourth-order valence-electron chi connectivity index (χ4n) is 3.11. The fourth-order valence-corrected chi connectivity index (χ4v) is 3.11. The van der Waals surface area contributed by atoms with Crippen LogP contribution in [-0.2, 0) is 20.6 Å². The Kier molecular flexibility index (Phi) is 5.43. The van der Waals surface area contributed by atoms with Crippen molar-refractivity contribution >= 4 is 11.2 Å². The maximum absolute atomic E-state index is 12.7. The highest BCUT2D eigenvalue weighted by Crippen LogP contribution is 2.30. The molecule has 0 atom stereocenters. The SMILES string of the molecule is CCOc1ccc(Cn2c(OC)nc3c2c(=O)n(C)c(=O)n3C)cc1OCC. The summed E-state index contributed by atoms with van der Waals surface area (Å²) in [4.78, 5) is 29.3. The number of hydrogen-bond acceptors (Lipinski definition) is 6. The molecule has 0 aliphatic rings. The van der Waals surface area contributed by atoms with Gasteiger partial charge in [-0.15, -0.1) is 0 Å². The van der Waals surface area contributed by atoms with Gasteiger partial charge in [0.25, 0.3) is 11.6 Å². The van der Waals surface area contributed by atoms with Crippen molar-refractivity contribution in [2.24, 2.45) is 14.1 Å². The van der Waals surface area contributed by atoms with E-state index in [1.165, 1.54) is 18.7 Å². The minimum absolute atomic E-state index is 0.250. The second kappa shape index (κ2) is 7.79. The molecular weight excluding hydrogens is 364 g/mol. The molecule has 3 rings (SSSR count). The van der Waals surface area contributed by atoms with E-state index < -0.39 is 11.2 Å². The molecule has 2 heterocycles. The third kappa shape index (κ3) is 3.23. The molecule has 0 aliphatic heterocycles. The van der Waals surface area contributed by atoms with E-state index in [2.05, 4.69) is 4.98 Å². The van der Waals surface area contributed by atoms with Crippen LogP contribution in [0.25, 0.3) is 11.2 Å². The first-order chi connectivity index (χ1) is 13.4. The van der Waals surface area contributed by atoms with Crippen LogP contribution in [0, 0.1) is 0 Å². The Hall–Kier alpha value is -3.23. The lowest BCUT2D eigenvalue weighted by molar-refractivity contribution is 0.287. The van der Waals surface area contributed by atoms with E-state index in [1.807, 2.05) is 32.0 Å². The number of imidazole rings is 1. The van der Waals surface area contributed by atoms with Crippen LogP contribution in [0.15, 0.2) is 27.8 Å². The summed E-state index contributed by atoms with van der Waals surface area (Å²) in [6.45, 7) is 5.16. The van der Waals surface area contributed by atoms with E-state index in [0.717, 1.165) is 10.1 Å². The Bertz CT molecular complexity index is 1130. The molecule has 0 bridgehead atoms. The minimum atomic E-state index is -0.440. The van der Waals surface area contributed by atoms with Gasteiger partial charge in [0.2, 0.25) is 0 Å². The standard InChI is InChI=1S/C19H24N4O5/c1-6-27-13-9-8-12(10-14(13)28-7-2)11-23-15-16(20-18(23)26-5)21(3)19(25)22(4)17(15)24/h8-10H,6-7,11H2,1-5H3. The van der Waals surface area contributed by atoms with Crippen LogP contribution in [0.3, 0.4) is 0 Å². The van der Waals surface area contributed by atoms with Crippen molar-refractivity contribution in [2.45, 2.75) is 20.4 Å². The molecule has 150 valence electrons. The number of hydrogen-bond donors (Lipinski definition) is 0. The van der Waals surface area contributed by atoms with Crippen LogP contribution in [0.2, 0.25) is 0 Å². The van der Waals surface area contributed by atoms with Gasteiger partial charge in [-0.2, -0.15) is 4.98 Å². The van der Waals surface area contributed by atoms with Crippen LogP contribution >= 0.6 is 0 Å². The fraction of sp³-hybridized carbons (Fsp3) is 0.421. The van der Waals surface area contributed by atoms with Gasteiger partial charge in [-0.25, -0.2) is 4.79 Å². The Morgan fingerprint density at radius 2 is 1.68 bits per heavy atom. The van der Waals surface area contributed by atoms with Crippen molar-refractivity contribution in [1.82, 2.24) is 18.7 Å². The van der Waals surface area contributed by atoms with Crippen molar-refractivity contribution in [1.29, 1.82) is 0 Å². The number of nitrogens with zero attached hydrogens (tertiary/aromatic N) is 4. The van der Waals surface area contributed by atoms with Crippen molar-refractivity contribution < 1.29 is 14.2 Å². The van der Waals surface area contributed by atoms with Crippen molar-refractivity contribution in [3.63, 3.8) is 0 Å². The van der Waals surface area contributed by atoms with E-state index in [4.69, 9.17) is 14.2 Å². The smallest absolute Gasteiger partial charge is 0.332 e. The highest BCUT2D eigenvalue weighted by Gasteiger charge is 2.20. The van der Waals surface area contributed by atoms with Gasteiger partial charge in [0.1, 0.15) is 0 Å². The number of methoxy groups -OCH3 is 1. The summed E-state index contributed by atoms with van der Waals surface area (Å²) < 4.78 is 20.7. The van der Waals surface area contributed by atoms with E-state index in [1.54, 1.807) is 11.6 Å². The third-order valence-corrected chi connectivity index (χ3v) is 4.44. The van der Waals surface area contributed by atoms with Crippen LogP contribution in [0.5, 0.6) is 17.5 Å². The zero-order valence-electron chi connectivity index (χ0n) is 16.7. The first-order valence-electron chi connectivity index (χ1n) is 9.01. The van der Waals surface area contributed by atoms with Crippen molar-refractivity contribution in [3.8, 4) is 17.5 Å². The van der Waals surface area contributed by atoms with E-state index in [-0.39, 0.29) is 11.7 Å². The number of aryl methyl sites for hydroxylation is 1. The molecule has 0 N–H and O–H groups in total. The maximum atomic E-state index is 12.7. The zero-order valence-corrected chi connectivity index (χ0v) is 16.7. The van der Waals surface area contributed by atoms with Gasteiger partial charge in [-0.05, 0) is 31.5 Å². The van der Waals surface area contributed by atoms with Gasteiger partial charge in [0.05, 0.1) is 26.9 Å². The van der Waals surface area contributed by atoms with Crippen LogP contribution < -0.4 is 25.5 Å². The Morgan fingerprint density at radius 3 is 2.32 bits per heavy atom. The number of benzene rings is 1. The largest absolute Gasteiger partial charge is 0.490 e. The number of ether oxygens (including phenoxy) is 3. The minimum Gasteiger partial charge on any atom is -0.490 e. The predicted octanol–water partition coefficient (Wildman–Crippen LogP) is 1.29. The van der Waals surface area contributed by atoms with E-state index >= 15 is 0 Å². The topological polar surface area (TPSA) is 89.5 Å². The molecule has 3 aromatic rings. The molecule has 0 amide bonds. The summed E-state index contributed by atoms with van der Waals surface area (Å²) in [6.07, 6.45) is 0. The van der Waals surface area contributed by atoms with E-state index in [0.29, 0.717) is 36.8 Å². The number of aromatic nitrogens is 4. The summed E-state index contributed by atoms with van der Waals surface area (Å²) in [5, 5.41) is 0. The monoisotopic (exact) mass is 388 g/mol. The Balaban J connectivity index is 2.16. The molecule has 2 aromatic heterocycles. The molecular formula is C19H24N4O5. The molecule has 0 unspecified atom stereocenters. The zero-order chi connectivity index (χ0) is 20.4. The van der Waals surface area contributed by atoms with Gasteiger partial charge in [-0.3, -0.25) is 18.5 Å². The van der Waals surface area contributed by atoms with E-state index in [9.17, 15) is 9.59 Å². The molecule has 0 radical (unpaired) electrons. The number of fused-ring (bicyclic) bond motifs is 1. The third-order valence-electron chi connectivity index (χ3n) is 4.44. The first kappa shape index (κ1) is 19.5. The second-order valence-electron chi connectivity index (χ2n) is 6.21. The molecule has 0 saturated heterocycles. The normalized spacial score (nSPS) is 11.0. The number of rotatable bonds is 7. The molecule has 0 saturated carbocycles. The first-order valence-corrected chi connectivity index (χ1v) is 9.01. The summed E-state index contributed by atoms with van der Waals surface area (Å²) in [5.74, 6) is 1.29. The van der Waals surface area contributed by atoms with Crippen molar-refractivity contribution in [3.05, 3.63) is 44.6 Å². The maximum Gasteiger partial charge on any atom is 0.332 e. The summed E-state index contributed by atoms with van der Waals surface area (Å²) in [7, 11) is 4.49. The quantitative estimate of drug-likeness (QED) is 0.606. The average Bonchev–Trinajstić information content (AvgIpc) is 3.05. The summed E-state index contributed by atoms with van der Waals surface area (Å²) >= 11 is 0. The highest BCUT2D eigenvalue weighted by molar-refractivity contribution is 5.72. The molecule has 0 fully saturated rings. The van der Waals surface area contributed by atoms with Gasteiger partial charge >= 0.3 is 5.69 Å². The van der Waals surface area contributed by atoms with Gasteiger partial charge in [0, 0.05) is 14.1 Å². The van der Waals surface area contributed by atoms with Gasteiger partial charge < -0.3 is 14.2 Å². The lowest BCUT2D eigenvalue weighted by Gasteiger charge is -2.13. The molecule has 0 aliphatic carbocycles. The van der Waals surface area contributed by atoms with Gasteiger partial charge in [-0.1, -0.05) is 6.07 Å². The lowest BCUT2D eigenvalue weighted by Crippen LogP contribution is -2.37. The predicted molar refractivity (Wildman–Crippen MR) is 105 cm³/mol. The van der Waals surface area contributed by atoms with Gasteiger partial charge in [0.15, 0.2) is 22.7 Å². The Labute approximate surface area is 161 Å². The van der Waals surface area contributed by atoms with Crippen LogP contribution in [0.1, 0.15) is 19.4 Å². The Morgan fingerprint density at radius 1 is 1.00 bits per heavy atom. The van der Waals surface area contributed by atoms with Crippen LogP contribution in [-0.4, -0.2) is 39.0 Å². The summed E-state index contributed by atoms with van der Waals surface area (Å²) in [5.41, 5.74) is 0.587. The molecule has 28 heavy (non-hydrogen) atoms. The highest BCUT2D eigenvalue weighted by atomic mass is 16.5. The average molecular weight is 388 g/mol. The lowest BCUT2D eigenvalue weighted by atomic mass is 10.2. The molecule has 9 nitrogen and oxygen atoms in total. The summed E-state index contributed by atoms with van der Waals surface area (Å²) in [6, 6.07) is 5.85. The second-order valence-corrected chi connectivity index (χ2v) is 6.21. The molecule has 9 heteroatoms. The molecule has 0 spiro atoms. The van der Waals surface area contributed by atoms with Crippen LogP contribution in [0.4, 0.5) is 0 Å². The molecule has 1 aromatic carbocycles.